The number of methoxy groups -OCH3 is 1. The Morgan fingerprint density at radius 2 is 1.67 bits per heavy atom. The first kappa shape index (κ1) is 17.0. The van der Waals surface area contributed by atoms with Crippen molar-refractivity contribution in [2.75, 3.05) is 12.4 Å². The molecule has 5 nitrogen and oxygen atoms in total. The molecule has 0 atom stereocenters. The second-order valence-electron chi connectivity index (χ2n) is 6.30. The molecule has 0 unspecified atom stereocenters. The molecule has 0 spiro atoms. The van der Waals surface area contributed by atoms with Gasteiger partial charge in [0.25, 0.3) is 0 Å². The van der Waals surface area contributed by atoms with Crippen LogP contribution < -0.4 is 10.1 Å². The van der Waals surface area contributed by atoms with Crippen LogP contribution in [-0.4, -0.2) is 21.6 Å². The quantitative estimate of drug-likeness (QED) is 0.559. The van der Waals surface area contributed by atoms with E-state index in [9.17, 15) is 4.39 Å². The van der Waals surface area contributed by atoms with Crippen molar-refractivity contribution in [3.63, 3.8) is 0 Å². The van der Waals surface area contributed by atoms with E-state index in [-0.39, 0.29) is 5.82 Å². The minimum Gasteiger partial charge on any atom is -0.497 e. The van der Waals surface area contributed by atoms with Gasteiger partial charge < -0.3 is 10.1 Å². The molecule has 0 aliphatic heterocycles. The van der Waals surface area contributed by atoms with Crippen LogP contribution in [0.4, 0.5) is 15.9 Å². The van der Waals surface area contributed by atoms with Crippen molar-refractivity contribution in [2.24, 2.45) is 0 Å². The van der Waals surface area contributed by atoms with Gasteiger partial charge in [0.15, 0.2) is 5.65 Å². The number of anilines is 2. The summed E-state index contributed by atoms with van der Waals surface area (Å²) in [5, 5.41) is 4.30. The van der Waals surface area contributed by atoms with Crippen molar-refractivity contribution in [3.05, 3.63) is 71.9 Å². The van der Waals surface area contributed by atoms with Crippen LogP contribution in [0.2, 0.25) is 0 Å². The van der Waals surface area contributed by atoms with Crippen LogP contribution in [0.3, 0.4) is 0 Å². The molecule has 0 aliphatic rings. The molecule has 1 N–H and O–H groups in total. The number of rotatable bonds is 4. The fourth-order valence-electron chi connectivity index (χ4n) is 3.21. The molecule has 4 rings (SSSR count). The molecule has 0 bridgehead atoms. The third-order valence-corrected chi connectivity index (χ3v) is 4.73. The fourth-order valence-corrected chi connectivity index (χ4v) is 3.21. The van der Waals surface area contributed by atoms with Crippen molar-refractivity contribution in [3.8, 4) is 11.4 Å². The Balaban J connectivity index is 1.83. The second kappa shape index (κ2) is 6.72. The van der Waals surface area contributed by atoms with Crippen LogP contribution in [0.5, 0.6) is 5.75 Å². The summed E-state index contributed by atoms with van der Waals surface area (Å²) in [6.45, 7) is 4.07. The number of aromatic nitrogens is 3. The van der Waals surface area contributed by atoms with E-state index < -0.39 is 0 Å². The third kappa shape index (κ3) is 2.99. The summed E-state index contributed by atoms with van der Waals surface area (Å²) in [5.41, 5.74) is 4.66. The summed E-state index contributed by atoms with van der Waals surface area (Å²) in [5.74, 6) is 1.26. The van der Waals surface area contributed by atoms with Gasteiger partial charge in [0, 0.05) is 17.1 Å². The maximum Gasteiger partial charge on any atom is 0.150 e. The number of benzene rings is 2. The van der Waals surface area contributed by atoms with E-state index in [2.05, 4.69) is 15.3 Å². The molecule has 0 saturated heterocycles. The number of halogens is 1. The van der Waals surface area contributed by atoms with E-state index in [1.807, 2.05) is 42.7 Å². The number of nitrogens with zero attached hydrogens (tertiary/aromatic N) is 3. The lowest BCUT2D eigenvalue weighted by molar-refractivity contribution is 0.415. The van der Waals surface area contributed by atoms with Crippen molar-refractivity contribution in [1.82, 2.24) is 14.5 Å². The van der Waals surface area contributed by atoms with Crippen molar-refractivity contribution in [2.45, 2.75) is 13.8 Å². The summed E-state index contributed by atoms with van der Waals surface area (Å²) in [6.07, 6.45) is 1.53. The molecule has 6 heteroatoms. The molecule has 0 saturated carbocycles. The van der Waals surface area contributed by atoms with Crippen molar-refractivity contribution >= 4 is 22.5 Å². The van der Waals surface area contributed by atoms with Crippen LogP contribution in [0, 0.1) is 19.7 Å². The first-order valence-electron chi connectivity index (χ1n) is 8.58. The average molecular weight is 362 g/mol. The number of ether oxygens (including phenoxy) is 1. The highest BCUT2D eigenvalue weighted by Crippen LogP contribution is 2.32. The molecule has 2 heterocycles. The molecule has 4 aromatic rings. The highest BCUT2D eigenvalue weighted by atomic mass is 19.1. The Morgan fingerprint density at radius 3 is 2.33 bits per heavy atom. The minimum absolute atomic E-state index is 0.263. The lowest BCUT2D eigenvalue weighted by Gasteiger charge is -2.09. The minimum atomic E-state index is -0.263. The number of hydrogen-bond donors (Lipinski definition) is 1. The Labute approximate surface area is 156 Å². The van der Waals surface area contributed by atoms with Gasteiger partial charge in [-0.2, -0.15) is 0 Å². The lowest BCUT2D eigenvalue weighted by atomic mass is 10.2. The summed E-state index contributed by atoms with van der Waals surface area (Å²) in [4.78, 5) is 8.93. The summed E-state index contributed by atoms with van der Waals surface area (Å²) in [7, 11) is 1.64. The van der Waals surface area contributed by atoms with Crippen molar-refractivity contribution in [1.29, 1.82) is 0 Å². The van der Waals surface area contributed by atoms with Crippen LogP contribution in [-0.2, 0) is 0 Å². The largest absolute Gasteiger partial charge is 0.497 e. The van der Waals surface area contributed by atoms with Crippen molar-refractivity contribution < 1.29 is 9.13 Å². The molecule has 0 radical (unpaired) electrons. The van der Waals surface area contributed by atoms with E-state index in [0.29, 0.717) is 0 Å². The molecular weight excluding hydrogens is 343 g/mol. The van der Waals surface area contributed by atoms with E-state index in [4.69, 9.17) is 4.74 Å². The predicted octanol–water partition coefficient (Wildman–Crippen LogP) is 4.93. The highest BCUT2D eigenvalue weighted by molar-refractivity contribution is 5.94. The monoisotopic (exact) mass is 362 g/mol. The Bertz CT molecular complexity index is 1100. The number of nitrogens with one attached hydrogen (secondary N) is 1. The topological polar surface area (TPSA) is 52.0 Å². The molecule has 0 aliphatic carbocycles. The first-order valence-corrected chi connectivity index (χ1v) is 8.58. The molecule has 0 fully saturated rings. The summed E-state index contributed by atoms with van der Waals surface area (Å²) < 4.78 is 20.5. The van der Waals surface area contributed by atoms with Crippen LogP contribution in [0.15, 0.2) is 54.9 Å². The van der Waals surface area contributed by atoms with Gasteiger partial charge in [0.1, 0.15) is 23.7 Å². The third-order valence-electron chi connectivity index (χ3n) is 4.73. The van der Waals surface area contributed by atoms with Crippen LogP contribution >= 0.6 is 0 Å². The van der Waals surface area contributed by atoms with E-state index in [1.54, 1.807) is 19.2 Å². The van der Waals surface area contributed by atoms with Crippen LogP contribution in [0.25, 0.3) is 16.7 Å². The van der Waals surface area contributed by atoms with Gasteiger partial charge in [0.05, 0.1) is 12.5 Å². The Morgan fingerprint density at radius 1 is 0.963 bits per heavy atom. The summed E-state index contributed by atoms with van der Waals surface area (Å²) >= 11 is 0. The maximum absolute atomic E-state index is 13.3. The SMILES string of the molecule is COc1ccc(Nc2ncnc3c2c(C)c(C)n3-c2ccc(F)cc2)cc1. The van der Waals surface area contributed by atoms with Crippen LogP contribution in [0.1, 0.15) is 11.3 Å². The molecule has 2 aromatic carbocycles. The molecular formula is C21H19FN4O. The standard InChI is InChI=1S/C21H19FN4O/c1-13-14(2)26(17-8-4-15(22)5-9-17)21-19(13)20(23-12-24-21)25-16-6-10-18(27-3)11-7-16/h4-12H,1-3H3,(H,23,24,25). The average Bonchev–Trinajstić information content (AvgIpc) is 2.95. The highest BCUT2D eigenvalue weighted by Gasteiger charge is 2.17. The van der Waals surface area contributed by atoms with Gasteiger partial charge in [-0.05, 0) is 67.9 Å². The molecule has 27 heavy (non-hydrogen) atoms. The predicted molar refractivity (Wildman–Crippen MR) is 105 cm³/mol. The number of aryl methyl sites for hydroxylation is 1. The van der Waals surface area contributed by atoms with Gasteiger partial charge in [-0.3, -0.25) is 4.57 Å². The zero-order valence-corrected chi connectivity index (χ0v) is 15.3. The fraction of sp³-hybridized carbons (Fsp3) is 0.143. The van der Waals surface area contributed by atoms with E-state index in [1.165, 1.54) is 18.5 Å². The van der Waals surface area contributed by atoms with E-state index >= 15 is 0 Å². The zero-order valence-electron chi connectivity index (χ0n) is 15.3. The Kier molecular flexibility index (Phi) is 4.24. The first-order chi connectivity index (χ1) is 13.1. The maximum atomic E-state index is 13.3. The summed E-state index contributed by atoms with van der Waals surface area (Å²) in [6, 6.07) is 14.1. The van der Waals surface area contributed by atoms with Gasteiger partial charge in [-0.25, -0.2) is 14.4 Å². The van der Waals surface area contributed by atoms with Gasteiger partial charge in [-0.1, -0.05) is 0 Å². The van der Waals surface area contributed by atoms with Gasteiger partial charge >= 0.3 is 0 Å². The second-order valence-corrected chi connectivity index (χ2v) is 6.30. The molecule has 136 valence electrons. The number of hydrogen-bond acceptors (Lipinski definition) is 4. The molecule has 0 amide bonds. The van der Waals surface area contributed by atoms with E-state index in [0.717, 1.165) is 45.2 Å². The lowest BCUT2D eigenvalue weighted by Crippen LogP contribution is -1.99. The van der Waals surface area contributed by atoms with Gasteiger partial charge in [0.2, 0.25) is 0 Å². The normalized spacial score (nSPS) is 11.0. The smallest absolute Gasteiger partial charge is 0.150 e. The Hall–Kier alpha value is -3.41. The van der Waals surface area contributed by atoms with Gasteiger partial charge in [-0.15, -0.1) is 0 Å². The zero-order chi connectivity index (χ0) is 19.0. The number of fused-ring (bicyclic) bond motifs is 1. The molecule has 2 aromatic heterocycles.